The van der Waals surface area contributed by atoms with Crippen LogP contribution in [0.4, 0.5) is 5.95 Å². The molecular formula is C22H26N4OS. The van der Waals surface area contributed by atoms with Gasteiger partial charge in [-0.15, -0.1) is 0 Å². The number of aryl methyl sites for hydroxylation is 2. The summed E-state index contributed by atoms with van der Waals surface area (Å²) in [4.78, 5) is 26.6. The Hall–Kier alpha value is -2.47. The summed E-state index contributed by atoms with van der Waals surface area (Å²) >= 11 is 1.67. The largest absolute Gasteiger partial charge is 0.341 e. The van der Waals surface area contributed by atoms with E-state index < -0.39 is 0 Å². The van der Waals surface area contributed by atoms with Gasteiger partial charge in [-0.05, 0) is 60.7 Å². The van der Waals surface area contributed by atoms with Gasteiger partial charge in [-0.25, -0.2) is 9.97 Å². The van der Waals surface area contributed by atoms with Crippen molar-refractivity contribution in [2.75, 3.05) is 25.0 Å². The summed E-state index contributed by atoms with van der Waals surface area (Å²) in [5.41, 5.74) is 4.35. The van der Waals surface area contributed by atoms with Gasteiger partial charge in [0.15, 0.2) is 0 Å². The van der Waals surface area contributed by atoms with Crippen molar-refractivity contribution in [2.24, 2.45) is 5.92 Å². The number of carbonyl (C=O) groups excluding carboxylic acids is 1. The van der Waals surface area contributed by atoms with E-state index in [1.807, 2.05) is 18.9 Å². The minimum absolute atomic E-state index is 0.00509. The normalized spacial score (nSPS) is 17.1. The molecule has 3 heterocycles. The maximum Gasteiger partial charge on any atom is 0.227 e. The molecule has 146 valence electrons. The zero-order valence-corrected chi connectivity index (χ0v) is 17.5. The highest BCUT2D eigenvalue weighted by Gasteiger charge is 2.29. The van der Waals surface area contributed by atoms with Gasteiger partial charge in [0, 0.05) is 32.1 Å². The molecule has 2 aromatic heterocycles. The second kappa shape index (κ2) is 7.87. The second-order valence-electron chi connectivity index (χ2n) is 7.74. The van der Waals surface area contributed by atoms with Crippen LogP contribution in [-0.4, -0.2) is 40.9 Å². The highest BCUT2D eigenvalue weighted by atomic mass is 32.1. The summed E-state index contributed by atoms with van der Waals surface area (Å²) in [5.74, 6) is 0.951. The number of rotatable bonds is 4. The van der Waals surface area contributed by atoms with Crippen molar-refractivity contribution < 1.29 is 4.79 Å². The van der Waals surface area contributed by atoms with E-state index in [0.29, 0.717) is 13.1 Å². The van der Waals surface area contributed by atoms with Crippen molar-refractivity contribution in [3.05, 3.63) is 51.8 Å². The molecule has 1 unspecified atom stereocenters. The van der Waals surface area contributed by atoms with E-state index in [9.17, 15) is 4.79 Å². The lowest BCUT2D eigenvalue weighted by Gasteiger charge is -2.34. The van der Waals surface area contributed by atoms with Crippen LogP contribution in [0.3, 0.4) is 0 Å². The SMILES string of the molecule is Cc1ccc2c(C)nc(N3CCCC(C(=O)N(C)Cc4ccsc4)C3)nc2c1. The molecular weight excluding hydrogens is 368 g/mol. The predicted molar refractivity (Wildman–Crippen MR) is 115 cm³/mol. The van der Waals surface area contributed by atoms with Crippen LogP contribution in [0, 0.1) is 19.8 Å². The number of nitrogens with zero attached hydrogens (tertiary/aromatic N) is 4. The lowest BCUT2D eigenvalue weighted by Crippen LogP contribution is -2.44. The highest BCUT2D eigenvalue weighted by molar-refractivity contribution is 7.07. The Morgan fingerprint density at radius 2 is 2.14 bits per heavy atom. The average Bonchev–Trinajstić information content (AvgIpc) is 3.20. The first-order valence-corrected chi connectivity index (χ1v) is 10.7. The molecule has 1 amide bonds. The molecule has 1 fully saturated rings. The molecule has 3 aromatic rings. The van der Waals surface area contributed by atoms with Crippen LogP contribution in [0.1, 0.15) is 29.7 Å². The number of amides is 1. The lowest BCUT2D eigenvalue weighted by molar-refractivity contribution is -0.135. The van der Waals surface area contributed by atoms with Crippen LogP contribution in [0.25, 0.3) is 10.9 Å². The first kappa shape index (κ1) is 18.9. The van der Waals surface area contributed by atoms with Gasteiger partial charge in [0.2, 0.25) is 11.9 Å². The number of piperidine rings is 1. The maximum absolute atomic E-state index is 13.0. The zero-order chi connectivity index (χ0) is 19.7. The Labute approximate surface area is 170 Å². The fraction of sp³-hybridized carbons (Fsp3) is 0.409. The van der Waals surface area contributed by atoms with E-state index >= 15 is 0 Å². The third-order valence-electron chi connectivity index (χ3n) is 5.46. The van der Waals surface area contributed by atoms with E-state index in [1.165, 1.54) is 11.1 Å². The summed E-state index contributed by atoms with van der Waals surface area (Å²) in [6.07, 6.45) is 1.91. The first-order chi connectivity index (χ1) is 13.5. The van der Waals surface area contributed by atoms with Gasteiger partial charge < -0.3 is 9.80 Å². The van der Waals surface area contributed by atoms with Crippen molar-refractivity contribution in [2.45, 2.75) is 33.2 Å². The Kier molecular flexibility index (Phi) is 5.31. The molecule has 0 spiro atoms. The maximum atomic E-state index is 13.0. The Morgan fingerprint density at radius 1 is 1.29 bits per heavy atom. The molecule has 0 aliphatic carbocycles. The number of hydrogen-bond acceptors (Lipinski definition) is 5. The first-order valence-electron chi connectivity index (χ1n) is 9.77. The molecule has 28 heavy (non-hydrogen) atoms. The summed E-state index contributed by atoms with van der Waals surface area (Å²) in [7, 11) is 1.90. The van der Waals surface area contributed by atoms with Gasteiger partial charge in [-0.2, -0.15) is 11.3 Å². The minimum atomic E-state index is -0.00509. The van der Waals surface area contributed by atoms with Crippen LogP contribution >= 0.6 is 11.3 Å². The van der Waals surface area contributed by atoms with Gasteiger partial charge in [-0.1, -0.05) is 12.1 Å². The number of benzene rings is 1. The fourth-order valence-electron chi connectivity index (χ4n) is 3.93. The van der Waals surface area contributed by atoms with E-state index in [0.717, 1.165) is 41.9 Å². The van der Waals surface area contributed by atoms with E-state index in [2.05, 4.69) is 46.8 Å². The van der Waals surface area contributed by atoms with E-state index in [1.54, 1.807) is 11.3 Å². The fourth-order valence-corrected chi connectivity index (χ4v) is 4.59. The monoisotopic (exact) mass is 394 g/mol. The van der Waals surface area contributed by atoms with Gasteiger partial charge in [-0.3, -0.25) is 4.79 Å². The standard InChI is InChI=1S/C22H26N4OS/c1-15-6-7-19-16(2)23-22(24-20(19)11-15)26-9-4-5-18(13-26)21(27)25(3)12-17-8-10-28-14-17/h6-8,10-11,14,18H,4-5,9,12-13H2,1-3H3. The Morgan fingerprint density at radius 3 is 2.93 bits per heavy atom. The quantitative estimate of drug-likeness (QED) is 0.666. The molecule has 5 nitrogen and oxygen atoms in total. The zero-order valence-electron chi connectivity index (χ0n) is 16.7. The minimum Gasteiger partial charge on any atom is -0.341 e. The molecule has 1 saturated heterocycles. The highest BCUT2D eigenvalue weighted by Crippen LogP contribution is 2.25. The van der Waals surface area contributed by atoms with Gasteiger partial charge >= 0.3 is 0 Å². The smallest absolute Gasteiger partial charge is 0.227 e. The Balaban J connectivity index is 1.52. The number of aromatic nitrogens is 2. The van der Waals surface area contributed by atoms with Gasteiger partial charge in [0.1, 0.15) is 0 Å². The van der Waals surface area contributed by atoms with Crippen LogP contribution < -0.4 is 4.90 Å². The molecule has 0 N–H and O–H groups in total. The summed E-state index contributed by atoms with van der Waals surface area (Å²) < 4.78 is 0. The van der Waals surface area contributed by atoms with Gasteiger partial charge in [0.25, 0.3) is 0 Å². The number of thiophene rings is 1. The van der Waals surface area contributed by atoms with Crippen molar-refractivity contribution in [1.82, 2.24) is 14.9 Å². The number of hydrogen-bond donors (Lipinski definition) is 0. The van der Waals surface area contributed by atoms with Crippen LogP contribution in [0.2, 0.25) is 0 Å². The van der Waals surface area contributed by atoms with Crippen molar-refractivity contribution in [3.63, 3.8) is 0 Å². The van der Waals surface area contributed by atoms with Crippen LogP contribution in [0.15, 0.2) is 35.0 Å². The number of carbonyl (C=O) groups is 1. The molecule has 1 atom stereocenters. The summed E-state index contributed by atoms with van der Waals surface area (Å²) in [6.45, 7) is 6.36. The summed E-state index contributed by atoms with van der Waals surface area (Å²) in [6, 6.07) is 8.37. The molecule has 1 aromatic carbocycles. The summed E-state index contributed by atoms with van der Waals surface area (Å²) in [5, 5.41) is 5.25. The second-order valence-corrected chi connectivity index (χ2v) is 8.52. The van der Waals surface area contributed by atoms with Crippen molar-refractivity contribution in [1.29, 1.82) is 0 Å². The molecule has 4 rings (SSSR count). The molecule has 1 aliphatic rings. The van der Waals surface area contributed by atoms with Crippen molar-refractivity contribution >= 4 is 34.1 Å². The van der Waals surface area contributed by atoms with Crippen LogP contribution in [0.5, 0.6) is 0 Å². The van der Waals surface area contributed by atoms with Crippen molar-refractivity contribution in [3.8, 4) is 0 Å². The molecule has 0 bridgehead atoms. The van der Waals surface area contributed by atoms with Gasteiger partial charge in [0.05, 0.1) is 17.1 Å². The third-order valence-corrected chi connectivity index (χ3v) is 6.19. The van der Waals surface area contributed by atoms with E-state index in [4.69, 9.17) is 9.97 Å². The van der Waals surface area contributed by atoms with Crippen LogP contribution in [-0.2, 0) is 11.3 Å². The number of anilines is 1. The molecule has 0 radical (unpaired) electrons. The predicted octanol–water partition coefficient (Wildman–Crippen LogP) is 4.18. The average molecular weight is 395 g/mol. The third kappa shape index (κ3) is 3.87. The number of fused-ring (bicyclic) bond motifs is 1. The Bertz CT molecular complexity index is 986. The molecule has 6 heteroatoms. The molecule has 1 aliphatic heterocycles. The molecule has 0 saturated carbocycles. The van der Waals surface area contributed by atoms with E-state index in [-0.39, 0.29) is 11.8 Å². The topological polar surface area (TPSA) is 49.3 Å². The lowest BCUT2D eigenvalue weighted by atomic mass is 9.96.